The SMILES string of the molecule is O=c1ccccc2nnncc12. The maximum atomic E-state index is 11.3. The first-order valence-electron chi connectivity index (χ1n) is 3.45. The Morgan fingerprint density at radius 2 is 2.00 bits per heavy atom. The molecular formula is C8H5N3O. The molecule has 0 amide bonds. The van der Waals surface area contributed by atoms with E-state index in [1.165, 1.54) is 12.3 Å². The van der Waals surface area contributed by atoms with E-state index < -0.39 is 0 Å². The van der Waals surface area contributed by atoms with Gasteiger partial charge in [-0.15, -0.1) is 10.2 Å². The van der Waals surface area contributed by atoms with Crippen LogP contribution in [0.25, 0.3) is 10.9 Å². The molecule has 0 aliphatic rings. The molecule has 4 heteroatoms. The van der Waals surface area contributed by atoms with Crippen molar-refractivity contribution in [3.05, 3.63) is 40.7 Å². The average Bonchev–Trinajstić information content (AvgIpc) is 2.29. The predicted molar refractivity (Wildman–Crippen MR) is 43.6 cm³/mol. The van der Waals surface area contributed by atoms with E-state index in [2.05, 4.69) is 15.4 Å². The zero-order valence-corrected chi connectivity index (χ0v) is 6.14. The van der Waals surface area contributed by atoms with Crippen molar-refractivity contribution in [2.24, 2.45) is 0 Å². The third-order valence-corrected chi connectivity index (χ3v) is 1.55. The molecule has 58 valence electrons. The monoisotopic (exact) mass is 159 g/mol. The number of hydrogen-bond donors (Lipinski definition) is 0. The van der Waals surface area contributed by atoms with Crippen LogP contribution in [0, 0.1) is 0 Å². The molecule has 0 aliphatic carbocycles. The van der Waals surface area contributed by atoms with Crippen molar-refractivity contribution in [2.45, 2.75) is 0 Å². The summed E-state index contributed by atoms with van der Waals surface area (Å²) in [6.45, 7) is 0. The van der Waals surface area contributed by atoms with E-state index in [1.807, 2.05) is 0 Å². The first kappa shape index (κ1) is 6.84. The summed E-state index contributed by atoms with van der Waals surface area (Å²) in [5.74, 6) is 0. The summed E-state index contributed by atoms with van der Waals surface area (Å²) in [5.41, 5.74) is 0.484. The van der Waals surface area contributed by atoms with Gasteiger partial charge in [-0.2, -0.15) is 0 Å². The summed E-state index contributed by atoms with van der Waals surface area (Å²) < 4.78 is 0. The molecule has 0 radical (unpaired) electrons. The molecule has 1 aromatic carbocycles. The highest BCUT2D eigenvalue weighted by Crippen LogP contribution is 1.99. The Morgan fingerprint density at radius 1 is 1.17 bits per heavy atom. The lowest BCUT2D eigenvalue weighted by Gasteiger charge is -1.83. The van der Waals surface area contributed by atoms with Crippen LogP contribution >= 0.6 is 0 Å². The van der Waals surface area contributed by atoms with Crippen LogP contribution in [-0.2, 0) is 0 Å². The van der Waals surface area contributed by atoms with Crippen molar-refractivity contribution in [3.63, 3.8) is 0 Å². The molecule has 0 atom stereocenters. The van der Waals surface area contributed by atoms with Gasteiger partial charge in [0, 0.05) is 0 Å². The minimum absolute atomic E-state index is 0.0857. The molecule has 4 nitrogen and oxygen atoms in total. The smallest absolute Gasteiger partial charge is 0.189 e. The standard InChI is InChI=1S/C8H5N3O/c12-8-4-2-1-3-7-6(8)5-9-11-10-7/h1-5H. The first-order valence-corrected chi connectivity index (χ1v) is 3.45. The average molecular weight is 159 g/mol. The lowest BCUT2D eigenvalue weighted by Crippen LogP contribution is -1.97. The highest BCUT2D eigenvalue weighted by molar-refractivity contribution is 5.75. The van der Waals surface area contributed by atoms with Gasteiger partial charge in [0.1, 0.15) is 5.52 Å². The maximum Gasteiger partial charge on any atom is 0.189 e. The Morgan fingerprint density at radius 3 is 2.92 bits per heavy atom. The van der Waals surface area contributed by atoms with Crippen molar-refractivity contribution in [1.82, 2.24) is 15.4 Å². The van der Waals surface area contributed by atoms with Crippen LogP contribution in [0.4, 0.5) is 0 Å². The quantitative estimate of drug-likeness (QED) is 0.557. The maximum absolute atomic E-state index is 11.3. The van der Waals surface area contributed by atoms with E-state index in [4.69, 9.17) is 0 Å². The molecule has 0 saturated carbocycles. The molecule has 0 fully saturated rings. The van der Waals surface area contributed by atoms with Crippen LogP contribution in [0.5, 0.6) is 0 Å². The van der Waals surface area contributed by atoms with Gasteiger partial charge in [-0.25, -0.2) is 0 Å². The highest BCUT2D eigenvalue weighted by Gasteiger charge is 1.94. The van der Waals surface area contributed by atoms with Gasteiger partial charge >= 0.3 is 0 Å². The Balaban J connectivity index is 3.06. The fourth-order valence-electron chi connectivity index (χ4n) is 0.970. The third-order valence-electron chi connectivity index (χ3n) is 1.55. The van der Waals surface area contributed by atoms with Crippen molar-refractivity contribution in [3.8, 4) is 0 Å². The van der Waals surface area contributed by atoms with E-state index in [1.54, 1.807) is 18.2 Å². The first-order chi connectivity index (χ1) is 5.88. The van der Waals surface area contributed by atoms with Gasteiger partial charge in [0.2, 0.25) is 0 Å². The molecule has 1 heterocycles. The molecule has 12 heavy (non-hydrogen) atoms. The molecular weight excluding hydrogens is 154 g/mol. The molecule has 0 N–H and O–H groups in total. The second-order valence-corrected chi connectivity index (χ2v) is 2.32. The Bertz CT molecular complexity index is 469. The van der Waals surface area contributed by atoms with Crippen LogP contribution in [0.15, 0.2) is 35.3 Å². The molecule has 0 saturated heterocycles. The van der Waals surface area contributed by atoms with E-state index in [9.17, 15) is 4.79 Å². The third kappa shape index (κ3) is 1.03. The van der Waals surface area contributed by atoms with Crippen molar-refractivity contribution in [1.29, 1.82) is 0 Å². The van der Waals surface area contributed by atoms with Gasteiger partial charge in [-0.3, -0.25) is 4.79 Å². The minimum Gasteiger partial charge on any atom is -0.289 e. The second kappa shape index (κ2) is 2.65. The normalized spacial score (nSPS) is 10.0. The van der Waals surface area contributed by atoms with Gasteiger partial charge in [0.25, 0.3) is 0 Å². The van der Waals surface area contributed by atoms with E-state index >= 15 is 0 Å². The largest absolute Gasteiger partial charge is 0.289 e. The fourth-order valence-corrected chi connectivity index (χ4v) is 0.970. The van der Waals surface area contributed by atoms with Crippen molar-refractivity contribution < 1.29 is 0 Å². The summed E-state index contributed by atoms with van der Waals surface area (Å²) in [6.07, 6.45) is 1.42. The van der Waals surface area contributed by atoms with E-state index in [0.29, 0.717) is 10.9 Å². The topological polar surface area (TPSA) is 55.7 Å². The Kier molecular flexibility index (Phi) is 1.51. The van der Waals surface area contributed by atoms with Crippen LogP contribution in [0.2, 0.25) is 0 Å². The summed E-state index contributed by atoms with van der Waals surface area (Å²) >= 11 is 0. The molecule has 0 aliphatic heterocycles. The number of hydrogen-bond acceptors (Lipinski definition) is 4. The molecule has 0 unspecified atom stereocenters. The van der Waals surface area contributed by atoms with Crippen molar-refractivity contribution >= 4 is 10.9 Å². The van der Waals surface area contributed by atoms with Gasteiger partial charge in [0.05, 0.1) is 11.6 Å². The molecule has 0 spiro atoms. The van der Waals surface area contributed by atoms with Crippen LogP contribution in [0.1, 0.15) is 0 Å². The molecule has 0 bridgehead atoms. The second-order valence-electron chi connectivity index (χ2n) is 2.32. The van der Waals surface area contributed by atoms with Gasteiger partial charge < -0.3 is 0 Å². The summed E-state index contributed by atoms with van der Waals surface area (Å²) in [4.78, 5) is 11.3. The number of aromatic nitrogens is 3. The molecule has 2 rings (SSSR count). The number of rotatable bonds is 0. The summed E-state index contributed by atoms with van der Waals surface area (Å²) in [5, 5.41) is 11.2. The lowest BCUT2D eigenvalue weighted by molar-refractivity contribution is 0.895. The Labute approximate surface area is 67.9 Å². The number of nitrogens with zero attached hydrogens (tertiary/aromatic N) is 3. The van der Waals surface area contributed by atoms with E-state index in [0.717, 1.165) is 0 Å². The highest BCUT2D eigenvalue weighted by atomic mass is 16.1. The lowest BCUT2D eigenvalue weighted by atomic mass is 10.3. The van der Waals surface area contributed by atoms with Crippen LogP contribution in [-0.4, -0.2) is 15.4 Å². The zero-order valence-electron chi connectivity index (χ0n) is 6.14. The van der Waals surface area contributed by atoms with Crippen molar-refractivity contribution in [2.75, 3.05) is 0 Å². The zero-order chi connectivity index (χ0) is 8.39. The van der Waals surface area contributed by atoms with E-state index in [-0.39, 0.29) is 5.43 Å². The minimum atomic E-state index is -0.0857. The fraction of sp³-hybridized carbons (Fsp3) is 0. The predicted octanol–water partition coefficient (Wildman–Crippen LogP) is 0.385. The summed E-state index contributed by atoms with van der Waals surface area (Å²) in [7, 11) is 0. The molecule has 1 aromatic heterocycles. The van der Waals surface area contributed by atoms with Crippen LogP contribution < -0.4 is 5.43 Å². The van der Waals surface area contributed by atoms with Gasteiger partial charge in [0.15, 0.2) is 5.43 Å². The van der Waals surface area contributed by atoms with Crippen LogP contribution in [0.3, 0.4) is 0 Å². The number of fused-ring (bicyclic) bond motifs is 1. The Hall–Kier alpha value is -1.84. The summed E-state index contributed by atoms with van der Waals surface area (Å²) in [6, 6.07) is 6.62. The molecule has 2 aromatic rings. The van der Waals surface area contributed by atoms with Gasteiger partial charge in [-0.1, -0.05) is 12.1 Å². The van der Waals surface area contributed by atoms with Gasteiger partial charge in [-0.05, 0) is 17.3 Å².